The van der Waals surface area contributed by atoms with Crippen molar-refractivity contribution in [1.82, 2.24) is 4.98 Å². The smallest absolute Gasteiger partial charge is 0.416 e. The summed E-state index contributed by atoms with van der Waals surface area (Å²) in [4.78, 5) is 3.24. The van der Waals surface area contributed by atoms with Gasteiger partial charge in [-0.05, 0) is 72.3 Å². The third kappa shape index (κ3) is 5.02. The zero-order chi connectivity index (χ0) is 21.8. The number of halogens is 3. The highest BCUT2D eigenvalue weighted by atomic mass is 19.4. The number of benzene rings is 3. The number of ether oxygens (including phenoxy) is 2. The van der Waals surface area contributed by atoms with Gasteiger partial charge in [-0.25, -0.2) is 0 Å². The topological polar surface area (TPSA) is 34.2 Å². The normalized spacial score (nSPS) is 11.6. The quantitative estimate of drug-likeness (QED) is 0.341. The lowest BCUT2D eigenvalue weighted by Gasteiger charge is -2.10. The van der Waals surface area contributed by atoms with E-state index in [0.29, 0.717) is 30.9 Å². The Morgan fingerprint density at radius 1 is 0.742 bits per heavy atom. The second-order valence-electron chi connectivity index (χ2n) is 7.04. The molecule has 6 heteroatoms. The minimum Gasteiger partial charge on any atom is -0.490 e. The Balaban J connectivity index is 1.29. The number of hydrogen-bond donors (Lipinski definition) is 1. The lowest BCUT2D eigenvalue weighted by Crippen LogP contribution is -2.08. The molecule has 2 radical (unpaired) electrons. The number of rotatable bonds is 7. The first-order valence-corrected chi connectivity index (χ1v) is 9.77. The molecular weight excluding hydrogens is 403 g/mol. The summed E-state index contributed by atoms with van der Waals surface area (Å²) in [5.41, 5.74) is 2.80. The number of nitrogens with one attached hydrogen (secondary N) is 1. The first kappa shape index (κ1) is 20.8. The fourth-order valence-corrected chi connectivity index (χ4v) is 3.28. The third-order valence-corrected chi connectivity index (χ3v) is 4.89. The van der Waals surface area contributed by atoms with Crippen molar-refractivity contribution < 1.29 is 22.6 Å². The van der Waals surface area contributed by atoms with E-state index in [1.807, 2.05) is 36.4 Å². The van der Waals surface area contributed by atoms with E-state index >= 15 is 0 Å². The molecule has 0 saturated heterocycles. The standard InChI is InChI=1S/C25H20F3NO2/c1-2-21-15-19-7-12-23(16-24(19)29-21)31-14-13-30-22-10-5-18(6-11-22)17-3-8-20(9-4-17)25(26,27)28/h1,3-12,15-16,29H,2,13-14H2. The van der Waals surface area contributed by atoms with Gasteiger partial charge in [0.15, 0.2) is 0 Å². The third-order valence-electron chi connectivity index (χ3n) is 4.89. The van der Waals surface area contributed by atoms with Crippen molar-refractivity contribution in [3.05, 3.63) is 91.0 Å². The second-order valence-corrected chi connectivity index (χ2v) is 7.04. The van der Waals surface area contributed by atoms with Gasteiger partial charge in [0.2, 0.25) is 0 Å². The van der Waals surface area contributed by atoms with Crippen molar-refractivity contribution in [2.75, 3.05) is 13.2 Å². The van der Waals surface area contributed by atoms with Crippen molar-refractivity contribution in [3.63, 3.8) is 0 Å². The van der Waals surface area contributed by atoms with Gasteiger partial charge in [-0.2, -0.15) is 13.2 Å². The van der Waals surface area contributed by atoms with Crippen LogP contribution in [0.3, 0.4) is 0 Å². The summed E-state index contributed by atoms with van der Waals surface area (Å²) in [5.74, 6) is 1.39. The number of hydrogen-bond acceptors (Lipinski definition) is 2. The van der Waals surface area contributed by atoms with E-state index < -0.39 is 11.7 Å². The molecule has 1 N–H and O–H groups in total. The highest BCUT2D eigenvalue weighted by Crippen LogP contribution is 2.31. The maximum atomic E-state index is 12.7. The van der Waals surface area contributed by atoms with Crippen molar-refractivity contribution >= 4 is 10.9 Å². The molecule has 0 aliphatic rings. The molecule has 158 valence electrons. The average Bonchev–Trinajstić information content (AvgIpc) is 3.19. The Bertz CT molecular complexity index is 1150. The molecular formula is C25H20F3NO2. The van der Waals surface area contributed by atoms with E-state index in [2.05, 4.69) is 4.98 Å². The highest BCUT2D eigenvalue weighted by molar-refractivity contribution is 5.81. The molecule has 1 aromatic heterocycles. The summed E-state index contributed by atoms with van der Waals surface area (Å²) in [7, 11) is 0. The number of alkyl halides is 3. The molecule has 0 bridgehead atoms. The van der Waals surface area contributed by atoms with E-state index in [-0.39, 0.29) is 0 Å². The van der Waals surface area contributed by atoms with Crippen LogP contribution in [0.25, 0.3) is 22.0 Å². The molecule has 1 heterocycles. The highest BCUT2D eigenvalue weighted by Gasteiger charge is 2.29. The molecule has 0 aliphatic heterocycles. The van der Waals surface area contributed by atoms with E-state index in [1.165, 1.54) is 12.1 Å². The first-order valence-electron chi connectivity index (χ1n) is 9.77. The molecule has 0 unspecified atom stereocenters. The molecule has 0 fully saturated rings. The van der Waals surface area contributed by atoms with E-state index in [1.54, 1.807) is 12.1 Å². The fraction of sp³-hybridized carbons (Fsp3) is 0.160. The Morgan fingerprint density at radius 2 is 1.32 bits per heavy atom. The predicted octanol–water partition coefficient (Wildman–Crippen LogP) is 6.57. The molecule has 4 rings (SSSR count). The van der Waals surface area contributed by atoms with Crippen LogP contribution >= 0.6 is 0 Å². The van der Waals surface area contributed by atoms with Gasteiger partial charge >= 0.3 is 6.18 Å². The van der Waals surface area contributed by atoms with Crippen molar-refractivity contribution in [2.24, 2.45) is 0 Å². The molecule has 0 amide bonds. The number of fused-ring (bicyclic) bond motifs is 1. The van der Waals surface area contributed by atoms with Crippen LogP contribution < -0.4 is 9.47 Å². The van der Waals surface area contributed by atoms with Gasteiger partial charge in [0, 0.05) is 17.3 Å². The number of H-pyrrole nitrogens is 1. The minimum absolute atomic E-state index is 0.358. The maximum absolute atomic E-state index is 12.7. The van der Waals surface area contributed by atoms with Gasteiger partial charge < -0.3 is 14.5 Å². The lowest BCUT2D eigenvalue weighted by molar-refractivity contribution is -0.137. The van der Waals surface area contributed by atoms with Crippen LogP contribution in [0.4, 0.5) is 13.2 Å². The van der Waals surface area contributed by atoms with Gasteiger partial charge in [-0.3, -0.25) is 0 Å². The van der Waals surface area contributed by atoms with Gasteiger partial charge in [0.05, 0.1) is 5.56 Å². The van der Waals surface area contributed by atoms with Crippen molar-refractivity contribution in [3.8, 4) is 22.6 Å². The Labute approximate surface area is 178 Å². The number of aromatic amines is 1. The Kier molecular flexibility index (Phi) is 5.89. The summed E-state index contributed by atoms with van der Waals surface area (Å²) >= 11 is 0. The largest absolute Gasteiger partial charge is 0.490 e. The summed E-state index contributed by atoms with van der Waals surface area (Å²) in [6.07, 6.45) is -3.88. The molecule has 3 aromatic carbocycles. The van der Waals surface area contributed by atoms with Gasteiger partial charge in [-0.15, -0.1) is 0 Å². The van der Waals surface area contributed by atoms with Crippen LogP contribution in [0.15, 0.2) is 72.8 Å². The molecule has 4 aromatic rings. The Hall–Kier alpha value is -3.41. The monoisotopic (exact) mass is 423 g/mol. The van der Waals surface area contributed by atoms with Gasteiger partial charge in [0.1, 0.15) is 24.7 Å². The molecule has 0 saturated carbocycles. The zero-order valence-electron chi connectivity index (χ0n) is 16.6. The van der Waals surface area contributed by atoms with Crippen LogP contribution in [0.1, 0.15) is 11.3 Å². The fourth-order valence-electron chi connectivity index (χ4n) is 3.28. The maximum Gasteiger partial charge on any atom is 0.416 e. The molecule has 31 heavy (non-hydrogen) atoms. The SMILES string of the molecule is [CH]Cc1cc2ccc(OCCOc3ccc(-c4ccc(C(F)(F)F)cc4)cc3)cc2[nH]1. The van der Waals surface area contributed by atoms with E-state index in [9.17, 15) is 13.2 Å². The first-order chi connectivity index (χ1) is 14.9. The van der Waals surface area contributed by atoms with Gasteiger partial charge in [-0.1, -0.05) is 24.3 Å². The van der Waals surface area contributed by atoms with Crippen LogP contribution in [0.5, 0.6) is 11.5 Å². The zero-order valence-corrected chi connectivity index (χ0v) is 16.6. The molecule has 0 aliphatic carbocycles. The van der Waals surface area contributed by atoms with Crippen LogP contribution in [-0.2, 0) is 12.6 Å². The van der Waals surface area contributed by atoms with Crippen molar-refractivity contribution in [2.45, 2.75) is 12.6 Å². The molecule has 0 atom stereocenters. The lowest BCUT2D eigenvalue weighted by atomic mass is 10.0. The van der Waals surface area contributed by atoms with E-state index in [0.717, 1.165) is 40.0 Å². The summed E-state index contributed by atoms with van der Waals surface area (Å²) < 4.78 is 49.5. The Morgan fingerprint density at radius 3 is 1.94 bits per heavy atom. The molecule has 3 nitrogen and oxygen atoms in total. The summed E-state index contributed by atoms with van der Waals surface area (Å²) in [6, 6.07) is 20.1. The minimum atomic E-state index is -4.33. The van der Waals surface area contributed by atoms with Crippen LogP contribution in [0.2, 0.25) is 0 Å². The summed E-state index contributed by atoms with van der Waals surface area (Å²) in [5, 5.41) is 1.08. The summed E-state index contributed by atoms with van der Waals surface area (Å²) in [6.45, 7) is 6.38. The van der Waals surface area contributed by atoms with E-state index in [4.69, 9.17) is 16.4 Å². The van der Waals surface area contributed by atoms with Crippen LogP contribution in [-0.4, -0.2) is 18.2 Å². The van der Waals surface area contributed by atoms with Crippen LogP contribution in [0, 0.1) is 6.92 Å². The van der Waals surface area contributed by atoms with Gasteiger partial charge in [0.25, 0.3) is 0 Å². The molecule has 0 spiro atoms. The number of aromatic nitrogens is 1. The average molecular weight is 423 g/mol. The second kappa shape index (κ2) is 8.76. The van der Waals surface area contributed by atoms with Crippen molar-refractivity contribution in [1.29, 1.82) is 0 Å². The predicted molar refractivity (Wildman–Crippen MR) is 114 cm³/mol.